The van der Waals surface area contributed by atoms with Gasteiger partial charge in [-0.3, -0.25) is 0 Å². The quantitative estimate of drug-likeness (QED) is 0.469. The van der Waals surface area contributed by atoms with Crippen LogP contribution in [0.3, 0.4) is 0 Å². The molecule has 0 radical (unpaired) electrons. The van der Waals surface area contributed by atoms with Crippen LogP contribution >= 0.6 is 0 Å². The minimum absolute atomic E-state index is 0.0238. The molecule has 0 aromatic rings. The van der Waals surface area contributed by atoms with Gasteiger partial charge < -0.3 is 0 Å². The molecule has 24 heavy (non-hydrogen) atoms. The van der Waals surface area contributed by atoms with Crippen molar-refractivity contribution in [2.24, 2.45) is 22.7 Å². The molecule has 8 heteroatoms. The maximum atomic E-state index is 13.8. The third-order valence-electron chi connectivity index (χ3n) is 6.16. The fourth-order valence-corrected chi connectivity index (χ4v) is 3.70. The van der Waals surface area contributed by atoms with Crippen molar-refractivity contribution >= 4 is 0 Å². The Bertz CT molecular complexity index is 426. The zero-order valence-electron chi connectivity index (χ0n) is 14.2. The van der Waals surface area contributed by atoms with Crippen LogP contribution in [0.25, 0.3) is 0 Å². The van der Waals surface area contributed by atoms with Crippen LogP contribution in [0.1, 0.15) is 59.8 Å². The first kappa shape index (κ1) is 21.5. The van der Waals surface area contributed by atoms with E-state index in [2.05, 4.69) is 0 Å². The Balaban J connectivity index is 3.15. The molecule has 1 rings (SSSR count). The molecule has 1 aliphatic carbocycles. The average Bonchev–Trinajstić information content (AvgIpc) is 2.44. The Morgan fingerprint density at radius 2 is 1.04 bits per heavy atom. The van der Waals surface area contributed by atoms with E-state index in [9.17, 15) is 35.1 Å². The molecule has 0 aliphatic heterocycles. The summed E-state index contributed by atoms with van der Waals surface area (Å²) in [6.07, 6.45) is -11.2. The van der Waals surface area contributed by atoms with Gasteiger partial charge in [0.2, 0.25) is 0 Å². The largest absolute Gasteiger partial charge is 0.454 e. The lowest BCUT2D eigenvalue weighted by atomic mass is 9.60. The van der Waals surface area contributed by atoms with Crippen LogP contribution in [-0.4, -0.2) is 18.3 Å². The summed E-state index contributed by atoms with van der Waals surface area (Å²) in [4.78, 5) is 0. The average molecular weight is 368 g/mol. The summed E-state index contributed by atoms with van der Waals surface area (Å²) >= 11 is 0. The highest BCUT2D eigenvalue weighted by atomic mass is 19.4. The van der Waals surface area contributed by atoms with Gasteiger partial charge >= 0.3 is 18.3 Å². The summed E-state index contributed by atoms with van der Waals surface area (Å²) in [6.45, 7) is 5.82. The van der Waals surface area contributed by atoms with Gasteiger partial charge in [0, 0.05) is 0 Å². The number of hydrogen-bond acceptors (Lipinski definition) is 0. The number of rotatable bonds is 4. The summed E-state index contributed by atoms with van der Waals surface area (Å²) in [6, 6.07) is 0. The van der Waals surface area contributed by atoms with Crippen molar-refractivity contribution in [3.05, 3.63) is 0 Å². The molecule has 0 amide bonds. The molecule has 1 unspecified atom stereocenters. The van der Waals surface area contributed by atoms with E-state index in [-0.39, 0.29) is 43.9 Å². The second-order valence-corrected chi connectivity index (χ2v) is 7.66. The topological polar surface area (TPSA) is 0 Å². The smallest absolute Gasteiger partial charge is 0.195 e. The number of alkyl halides is 8. The molecule has 0 N–H and O–H groups in total. The first-order valence-electron chi connectivity index (χ1n) is 8.03. The molecule has 144 valence electrons. The van der Waals surface area contributed by atoms with Gasteiger partial charge in [-0.15, -0.1) is 0 Å². The molecule has 1 fully saturated rings. The second-order valence-electron chi connectivity index (χ2n) is 7.66. The van der Waals surface area contributed by atoms with Gasteiger partial charge in [-0.2, -0.15) is 35.1 Å². The minimum atomic E-state index is -6.24. The Morgan fingerprint density at radius 1 is 0.667 bits per heavy atom. The Labute approximate surface area is 137 Å². The summed E-state index contributed by atoms with van der Waals surface area (Å²) in [7, 11) is 0. The van der Waals surface area contributed by atoms with Crippen LogP contribution in [0.4, 0.5) is 35.1 Å². The first-order valence-corrected chi connectivity index (χ1v) is 8.03. The minimum Gasteiger partial charge on any atom is -0.195 e. The van der Waals surface area contributed by atoms with Gasteiger partial charge in [-0.25, -0.2) is 0 Å². The van der Waals surface area contributed by atoms with E-state index in [0.717, 1.165) is 6.42 Å². The van der Waals surface area contributed by atoms with Crippen LogP contribution in [-0.2, 0) is 0 Å². The third-order valence-corrected chi connectivity index (χ3v) is 6.16. The Kier molecular flexibility index (Phi) is 5.65. The van der Waals surface area contributed by atoms with Crippen molar-refractivity contribution in [3.8, 4) is 0 Å². The number of hydrogen-bond donors (Lipinski definition) is 0. The van der Waals surface area contributed by atoms with Crippen molar-refractivity contribution in [1.82, 2.24) is 0 Å². The Hall–Kier alpha value is -0.560. The molecule has 0 heterocycles. The van der Waals surface area contributed by atoms with Crippen molar-refractivity contribution in [1.29, 1.82) is 0 Å². The maximum Gasteiger partial charge on any atom is 0.454 e. The Morgan fingerprint density at radius 3 is 1.33 bits per heavy atom. The van der Waals surface area contributed by atoms with E-state index >= 15 is 0 Å². The lowest BCUT2D eigenvalue weighted by Crippen LogP contribution is -2.61. The molecule has 0 bridgehead atoms. The lowest BCUT2D eigenvalue weighted by Gasteiger charge is -2.48. The standard InChI is InChI=1S/C16H24F8/c1-5-12(2,3)10-6-8-11(9-7-10)13(4,15(19,20)21)14(17,18)16(22,23)24/h10-11H,5-9H2,1-4H3. The molecule has 0 nitrogen and oxygen atoms in total. The SMILES string of the molecule is CCC(C)(C)C1CCC(C(C)(C(F)(F)F)C(F)(F)C(F)(F)F)CC1. The van der Waals surface area contributed by atoms with Crippen LogP contribution in [0.2, 0.25) is 0 Å². The van der Waals surface area contributed by atoms with Crippen molar-refractivity contribution in [3.63, 3.8) is 0 Å². The monoisotopic (exact) mass is 368 g/mol. The van der Waals surface area contributed by atoms with E-state index in [4.69, 9.17) is 0 Å². The zero-order valence-corrected chi connectivity index (χ0v) is 14.2. The van der Waals surface area contributed by atoms with Gasteiger partial charge in [0.1, 0.15) is 5.41 Å². The summed E-state index contributed by atoms with van der Waals surface area (Å²) in [5, 5.41) is 0. The van der Waals surface area contributed by atoms with Gasteiger partial charge in [0.05, 0.1) is 0 Å². The van der Waals surface area contributed by atoms with Crippen LogP contribution in [0, 0.1) is 22.7 Å². The van der Waals surface area contributed by atoms with Gasteiger partial charge in [-0.1, -0.05) is 27.2 Å². The van der Waals surface area contributed by atoms with Gasteiger partial charge in [0.25, 0.3) is 0 Å². The van der Waals surface area contributed by atoms with Crippen molar-refractivity contribution in [2.75, 3.05) is 0 Å². The lowest BCUT2D eigenvalue weighted by molar-refractivity contribution is -0.394. The molecular formula is C16H24F8. The summed E-state index contributed by atoms with van der Waals surface area (Å²) < 4.78 is 106. The highest BCUT2D eigenvalue weighted by Gasteiger charge is 2.78. The molecule has 0 aromatic heterocycles. The fraction of sp³-hybridized carbons (Fsp3) is 1.00. The van der Waals surface area contributed by atoms with Crippen LogP contribution < -0.4 is 0 Å². The predicted octanol–water partition coefficient (Wildman–Crippen LogP) is 7.00. The van der Waals surface area contributed by atoms with E-state index < -0.39 is 29.6 Å². The molecular weight excluding hydrogens is 344 g/mol. The third kappa shape index (κ3) is 3.39. The molecule has 0 saturated heterocycles. The first-order chi connectivity index (χ1) is 10.5. The molecule has 0 spiro atoms. The van der Waals surface area contributed by atoms with Crippen LogP contribution in [0.5, 0.6) is 0 Å². The van der Waals surface area contributed by atoms with E-state index in [1.165, 1.54) is 0 Å². The van der Waals surface area contributed by atoms with E-state index in [1.807, 2.05) is 20.8 Å². The van der Waals surface area contributed by atoms with Gasteiger partial charge in [-0.05, 0) is 49.9 Å². The number of halogens is 8. The highest BCUT2D eigenvalue weighted by molar-refractivity contribution is 5.04. The van der Waals surface area contributed by atoms with Crippen molar-refractivity contribution < 1.29 is 35.1 Å². The second kappa shape index (κ2) is 6.31. The summed E-state index contributed by atoms with van der Waals surface area (Å²) in [5.41, 5.74) is -4.29. The van der Waals surface area contributed by atoms with Crippen molar-refractivity contribution in [2.45, 2.75) is 78.1 Å². The molecule has 1 aliphatic rings. The normalized spacial score (nSPS) is 27.0. The molecule has 1 saturated carbocycles. The molecule has 0 aromatic carbocycles. The zero-order chi connectivity index (χ0) is 19.2. The van der Waals surface area contributed by atoms with E-state index in [0.29, 0.717) is 0 Å². The fourth-order valence-electron chi connectivity index (χ4n) is 3.70. The highest BCUT2D eigenvalue weighted by Crippen LogP contribution is 2.62. The van der Waals surface area contributed by atoms with E-state index in [1.54, 1.807) is 0 Å². The van der Waals surface area contributed by atoms with Gasteiger partial charge in [0.15, 0.2) is 0 Å². The molecule has 1 atom stereocenters. The summed E-state index contributed by atoms with van der Waals surface area (Å²) in [5.74, 6) is -7.55. The predicted molar refractivity (Wildman–Crippen MR) is 74.7 cm³/mol. The van der Waals surface area contributed by atoms with Crippen LogP contribution in [0.15, 0.2) is 0 Å². The maximum absolute atomic E-state index is 13.8.